The summed E-state index contributed by atoms with van der Waals surface area (Å²) in [5.41, 5.74) is 0.449. The van der Waals surface area contributed by atoms with Gasteiger partial charge in [0.1, 0.15) is 5.66 Å². The Bertz CT molecular complexity index is 530. The normalized spacial score (nSPS) is 18.7. The van der Waals surface area contributed by atoms with E-state index in [0.29, 0.717) is 0 Å². The third kappa shape index (κ3) is 2.49. The summed E-state index contributed by atoms with van der Waals surface area (Å²) in [4.78, 5) is 5.41. The van der Waals surface area contributed by atoms with Crippen molar-refractivity contribution in [3.05, 3.63) is 28.8 Å². The minimum Gasteiger partial charge on any atom is -0.311 e. The van der Waals surface area contributed by atoms with Crippen molar-refractivity contribution in [2.45, 2.75) is 10.00 Å². The van der Waals surface area contributed by atoms with Gasteiger partial charge in [0.2, 0.25) is 0 Å². The van der Waals surface area contributed by atoms with Crippen molar-refractivity contribution >= 4 is 36.8 Å². The molecule has 0 fully saturated rings. The molecule has 98 valence electrons. The number of fused-ring (bicyclic) bond motifs is 1. The molecule has 1 aromatic heterocycles. The zero-order valence-electron chi connectivity index (χ0n) is 10.3. The predicted octanol–water partition coefficient (Wildman–Crippen LogP) is 3.98. The maximum Gasteiger partial charge on any atom is 0.342 e. The van der Waals surface area contributed by atoms with E-state index in [-0.39, 0.29) is 0 Å². The van der Waals surface area contributed by atoms with Crippen molar-refractivity contribution in [2.75, 3.05) is 20.5 Å². The molecule has 1 atom stereocenters. The summed E-state index contributed by atoms with van der Waals surface area (Å²) < 4.78 is 23.7. The third-order valence-electron chi connectivity index (χ3n) is 2.61. The zero-order valence-corrected chi connectivity index (χ0v) is 12.8. The lowest BCUT2D eigenvalue weighted by atomic mass is 10.3. The fraction of sp³-hybridized carbons (Fsp3) is 0.364. The van der Waals surface area contributed by atoms with Gasteiger partial charge in [0.25, 0.3) is 0 Å². The lowest BCUT2D eigenvalue weighted by Gasteiger charge is -2.20. The summed E-state index contributed by atoms with van der Waals surface area (Å²) in [6.45, 7) is 0. The van der Waals surface area contributed by atoms with E-state index in [2.05, 4.69) is 4.98 Å². The molecule has 0 aromatic carbocycles. The molecular weight excluding hydrogens is 289 g/mol. The Hall–Kier alpha value is -0.390. The average molecular weight is 303 g/mol. The maximum absolute atomic E-state index is 12.6. The third-order valence-corrected chi connectivity index (χ3v) is 7.06. The van der Waals surface area contributed by atoms with Crippen LogP contribution in [0.4, 0.5) is 0 Å². The van der Waals surface area contributed by atoms with Gasteiger partial charge in [-0.25, -0.2) is 4.98 Å². The second kappa shape index (κ2) is 5.72. The molecule has 0 amide bonds. The Kier molecular flexibility index (Phi) is 4.45. The number of thiazole rings is 1. The van der Waals surface area contributed by atoms with Gasteiger partial charge < -0.3 is 9.05 Å². The summed E-state index contributed by atoms with van der Waals surface area (Å²) in [5.74, 6) is 0. The average Bonchev–Trinajstić information content (AvgIpc) is 2.71. The van der Waals surface area contributed by atoms with Gasteiger partial charge in [-0.15, -0.1) is 11.3 Å². The smallest absolute Gasteiger partial charge is 0.311 e. The van der Waals surface area contributed by atoms with Crippen molar-refractivity contribution < 1.29 is 13.6 Å². The first-order chi connectivity index (χ1) is 8.64. The van der Waals surface area contributed by atoms with Crippen LogP contribution in [0.1, 0.15) is 16.2 Å². The molecular formula is C11H14NO3PS2. The quantitative estimate of drug-likeness (QED) is 0.622. The molecule has 0 bridgehead atoms. The minimum absolute atomic E-state index is 0.393. The van der Waals surface area contributed by atoms with E-state index in [0.717, 1.165) is 14.9 Å². The number of hydrogen-bond donors (Lipinski definition) is 0. The van der Waals surface area contributed by atoms with Crippen molar-refractivity contribution in [3.63, 3.8) is 0 Å². The molecule has 0 saturated carbocycles. The first-order valence-electron chi connectivity index (χ1n) is 5.25. The van der Waals surface area contributed by atoms with Gasteiger partial charge in [-0.3, -0.25) is 4.57 Å². The van der Waals surface area contributed by atoms with Gasteiger partial charge >= 0.3 is 7.60 Å². The van der Waals surface area contributed by atoms with E-state index in [1.807, 2.05) is 30.6 Å². The van der Waals surface area contributed by atoms with Crippen LogP contribution in [0.2, 0.25) is 0 Å². The van der Waals surface area contributed by atoms with E-state index in [4.69, 9.17) is 9.05 Å². The minimum atomic E-state index is -3.18. The molecule has 1 unspecified atom stereocenters. The second-order valence-corrected chi connectivity index (χ2v) is 7.98. The Morgan fingerprint density at radius 3 is 2.72 bits per heavy atom. The molecule has 7 heteroatoms. The predicted molar refractivity (Wildman–Crippen MR) is 76.4 cm³/mol. The lowest BCUT2D eigenvalue weighted by Crippen LogP contribution is -2.00. The number of nitrogens with zero attached hydrogens (tertiary/aromatic N) is 1. The van der Waals surface area contributed by atoms with Crippen LogP contribution in [0.5, 0.6) is 0 Å². The highest BCUT2D eigenvalue weighted by atomic mass is 32.2. The first kappa shape index (κ1) is 14.0. The highest BCUT2D eigenvalue weighted by Crippen LogP contribution is 2.62. The molecule has 1 aliphatic rings. The number of rotatable bonds is 4. The van der Waals surface area contributed by atoms with Crippen LogP contribution in [-0.2, 0) is 13.6 Å². The Labute approximate surface area is 115 Å². The number of thioether (sulfide) groups is 1. The Morgan fingerprint density at radius 1 is 1.39 bits per heavy atom. The topological polar surface area (TPSA) is 48.4 Å². The maximum atomic E-state index is 12.6. The zero-order chi connectivity index (χ0) is 13.2. The van der Waals surface area contributed by atoms with Gasteiger partial charge in [-0.1, -0.05) is 30.0 Å². The van der Waals surface area contributed by atoms with Crippen molar-refractivity contribution in [1.29, 1.82) is 0 Å². The van der Waals surface area contributed by atoms with Gasteiger partial charge in [-0.05, 0) is 12.3 Å². The lowest BCUT2D eigenvalue weighted by molar-refractivity contribution is 0.271. The summed E-state index contributed by atoms with van der Waals surface area (Å²) in [7, 11) is -0.361. The van der Waals surface area contributed by atoms with Gasteiger partial charge in [0.05, 0.1) is 10.6 Å². The van der Waals surface area contributed by atoms with Gasteiger partial charge in [0, 0.05) is 14.2 Å². The number of allylic oxidation sites excluding steroid dienone is 3. The van der Waals surface area contributed by atoms with Crippen LogP contribution in [0.15, 0.2) is 22.6 Å². The standard InChI is InChI=1S/C11H14NO3PS2/c1-14-16(13,15-2)9-7-5-4-6-8-10(9)18-11(12-8)17-3/h4-7,9H,1-3H3. The highest BCUT2D eigenvalue weighted by Gasteiger charge is 2.37. The van der Waals surface area contributed by atoms with Crippen molar-refractivity contribution in [2.24, 2.45) is 0 Å². The molecule has 0 radical (unpaired) electrons. The monoisotopic (exact) mass is 303 g/mol. The number of hydrogen-bond acceptors (Lipinski definition) is 6. The van der Waals surface area contributed by atoms with E-state index in [9.17, 15) is 4.57 Å². The van der Waals surface area contributed by atoms with Crippen molar-refractivity contribution in [3.8, 4) is 0 Å². The van der Waals surface area contributed by atoms with Crippen LogP contribution in [0.3, 0.4) is 0 Å². The molecule has 0 spiro atoms. The fourth-order valence-corrected chi connectivity index (χ4v) is 5.12. The van der Waals surface area contributed by atoms with Crippen LogP contribution in [-0.4, -0.2) is 25.5 Å². The molecule has 0 saturated heterocycles. The number of aromatic nitrogens is 1. The van der Waals surface area contributed by atoms with Crippen LogP contribution >= 0.6 is 30.7 Å². The van der Waals surface area contributed by atoms with Crippen molar-refractivity contribution in [1.82, 2.24) is 4.98 Å². The molecule has 0 N–H and O–H groups in total. The van der Waals surface area contributed by atoms with Gasteiger partial charge in [0.15, 0.2) is 4.34 Å². The van der Waals surface area contributed by atoms with E-state index in [1.54, 1.807) is 11.8 Å². The summed E-state index contributed by atoms with van der Waals surface area (Å²) >= 11 is 3.11. The molecule has 1 aliphatic carbocycles. The molecule has 18 heavy (non-hydrogen) atoms. The van der Waals surface area contributed by atoms with Crippen LogP contribution in [0, 0.1) is 0 Å². The van der Waals surface area contributed by atoms with Gasteiger partial charge in [-0.2, -0.15) is 0 Å². The second-order valence-electron chi connectivity index (χ2n) is 3.53. The fourth-order valence-electron chi connectivity index (χ4n) is 1.70. The largest absolute Gasteiger partial charge is 0.342 e. The summed E-state index contributed by atoms with van der Waals surface area (Å²) in [6.07, 6.45) is 9.47. The summed E-state index contributed by atoms with van der Waals surface area (Å²) in [6, 6.07) is 0. The molecule has 1 heterocycles. The SMILES string of the molecule is COP(=O)(OC)C1C=CC=Cc2nc(SC)sc21. The summed E-state index contributed by atoms with van der Waals surface area (Å²) in [5, 5.41) is 0. The highest BCUT2D eigenvalue weighted by molar-refractivity contribution is 8.00. The molecule has 1 aromatic rings. The first-order valence-corrected chi connectivity index (χ1v) is 8.90. The van der Waals surface area contributed by atoms with E-state index >= 15 is 0 Å². The van der Waals surface area contributed by atoms with Crippen LogP contribution in [0.25, 0.3) is 6.08 Å². The molecule has 4 nitrogen and oxygen atoms in total. The Morgan fingerprint density at radius 2 is 2.11 bits per heavy atom. The van der Waals surface area contributed by atoms with Crippen LogP contribution < -0.4 is 0 Å². The van der Waals surface area contributed by atoms with E-state index in [1.165, 1.54) is 25.6 Å². The van der Waals surface area contributed by atoms with E-state index < -0.39 is 13.3 Å². The molecule has 0 aliphatic heterocycles. The Balaban J connectivity index is 2.51. The molecule has 2 rings (SSSR count).